The number of hydrazine groups is 1. The van der Waals surface area contributed by atoms with Gasteiger partial charge in [-0.05, 0) is 50.3 Å². The molecule has 3 N–H and O–H groups in total. The maximum atomic E-state index is 4.60. The fourth-order valence-corrected chi connectivity index (χ4v) is 4.41. The van der Waals surface area contributed by atoms with E-state index in [9.17, 15) is 0 Å². The first-order valence-corrected chi connectivity index (χ1v) is 9.72. The minimum Gasteiger partial charge on any atom is -0.272 e. The number of thioether (sulfide) groups is 1. The molecule has 0 amide bonds. The standard InChI is InChI=1S/C9H18S.C7H14.CH6N2/c1-7-4-8(2)6-9(5-7)10-3;1-7-5-3-2-4-6-7;1-3-2/h7-9H,4-6H2,1-3H3;7H,2-6H2,1H3;3H,2H2,1H3. The Balaban J connectivity index is 0.000000315. The van der Waals surface area contributed by atoms with Crippen molar-refractivity contribution in [1.82, 2.24) is 5.43 Å². The van der Waals surface area contributed by atoms with Crippen LogP contribution in [0.1, 0.15) is 72.1 Å². The minimum atomic E-state index is 0.957. The topological polar surface area (TPSA) is 38.0 Å². The first kappa shape index (κ1) is 20.3. The van der Waals surface area contributed by atoms with Crippen molar-refractivity contribution in [2.45, 2.75) is 77.4 Å². The third kappa shape index (κ3) is 11.0. The lowest BCUT2D eigenvalue weighted by Crippen LogP contribution is -2.20. The van der Waals surface area contributed by atoms with E-state index < -0.39 is 0 Å². The van der Waals surface area contributed by atoms with Gasteiger partial charge in [-0.2, -0.15) is 11.8 Å². The van der Waals surface area contributed by atoms with Gasteiger partial charge in [0.05, 0.1) is 0 Å². The van der Waals surface area contributed by atoms with Crippen molar-refractivity contribution in [2.75, 3.05) is 13.3 Å². The molecule has 0 aliphatic heterocycles. The molecule has 3 heteroatoms. The summed E-state index contributed by atoms with van der Waals surface area (Å²) in [6.07, 6.45) is 14.0. The number of nitrogens with two attached hydrogens (primary N) is 1. The third-order valence-electron chi connectivity index (χ3n) is 4.36. The molecule has 2 unspecified atom stereocenters. The van der Waals surface area contributed by atoms with Gasteiger partial charge < -0.3 is 0 Å². The molecule has 2 rings (SSSR count). The summed E-state index contributed by atoms with van der Waals surface area (Å²) in [4.78, 5) is 0. The molecule has 2 atom stereocenters. The van der Waals surface area contributed by atoms with E-state index in [4.69, 9.17) is 0 Å². The summed E-state index contributed by atoms with van der Waals surface area (Å²) in [6.45, 7) is 7.14. The van der Waals surface area contributed by atoms with Gasteiger partial charge in [0.15, 0.2) is 0 Å². The smallest absolute Gasteiger partial charge is 0.00493 e. The summed E-state index contributed by atoms with van der Waals surface area (Å²) in [5.41, 5.74) is 2.25. The molecule has 0 saturated heterocycles. The Morgan fingerprint density at radius 2 is 1.30 bits per heavy atom. The molecule has 0 aromatic carbocycles. The monoisotopic (exact) mass is 302 g/mol. The first-order chi connectivity index (χ1) is 9.53. The molecular weight excluding hydrogens is 264 g/mol. The average molecular weight is 303 g/mol. The summed E-state index contributed by atoms with van der Waals surface area (Å²) in [6, 6.07) is 0. The summed E-state index contributed by atoms with van der Waals surface area (Å²) >= 11 is 2.05. The van der Waals surface area contributed by atoms with E-state index in [0.29, 0.717) is 0 Å². The zero-order valence-corrected chi connectivity index (χ0v) is 15.3. The van der Waals surface area contributed by atoms with Crippen LogP contribution in [0.25, 0.3) is 0 Å². The van der Waals surface area contributed by atoms with Crippen LogP contribution in [-0.2, 0) is 0 Å². The van der Waals surface area contributed by atoms with Crippen molar-refractivity contribution in [3.8, 4) is 0 Å². The van der Waals surface area contributed by atoms with E-state index >= 15 is 0 Å². The molecule has 2 saturated carbocycles. The van der Waals surface area contributed by atoms with E-state index in [1.165, 1.54) is 51.4 Å². The second-order valence-electron chi connectivity index (χ2n) is 6.81. The zero-order valence-electron chi connectivity index (χ0n) is 14.5. The normalized spacial score (nSPS) is 30.6. The maximum absolute atomic E-state index is 4.60. The molecule has 0 aromatic rings. The lowest BCUT2D eigenvalue weighted by Gasteiger charge is -2.30. The Morgan fingerprint density at radius 1 is 0.850 bits per heavy atom. The van der Waals surface area contributed by atoms with Crippen molar-refractivity contribution < 1.29 is 0 Å². The Hall–Kier alpha value is 0.270. The van der Waals surface area contributed by atoms with Gasteiger partial charge in [0, 0.05) is 5.25 Å². The molecule has 2 nitrogen and oxygen atoms in total. The van der Waals surface area contributed by atoms with Crippen LogP contribution in [0.15, 0.2) is 0 Å². The Kier molecular flexibility index (Phi) is 13.1. The average Bonchev–Trinajstić information content (AvgIpc) is 2.40. The van der Waals surface area contributed by atoms with Crippen LogP contribution in [0.5, 0.6) is 0 Å². The van der Waals surface area contributed by atoms with Crippen molar-refractivity contribution in [1.29, 1.82) is 0 Å². The van der Waals surface area contributed by atoms with E-state index in [1.54, 1.807) is 7.05 Å². The van der Waals surface area contributed by atoms with Gasteiger partial charge in [0.25, 0.3) is 0 Å². The van der Waals surface area contributed by atoms with E-state index in [1.807, 2.05) is 0 Å². The maximum Gasteiger partial charge on any atom is 0.00493 e. The van der Waals surface area contributed by atoms with Gasteiger partial charge in [0.2, 0.25) is 0 Å². The Bertz CT molecular complexity index is 195. The van der Waals surface area contributed by atoms with E-state index in [-0.39, 0.29) is 0 Å². The van der Waals surface area contributed by atoms with Crippen LogP contribution < -0.4 is 11.3 Å². The van der Waals surface area contributed by atoms with Crippen LogP contribution in [0.4, 0.5) is 0 Å². The largest absolute Gasteiger partial charge is 0.272 e. The predicted octanol–water partition coefficient (Wildman–Crippen LogP) is 4.84. The Morgan fingerprint density at radius 3 is 1.60 bits per heavy atom. The van der Waals surface area contributed by atoms with Gasteiger partial charge in [-0.1, -0.05) is 52.9 Å². The second kappa shape index (κ2) is 13.0. The van der Waals surface area contributed by atoms with Crippen LogP contribution in [0.3, 0.4) is 0 Å². The Labute approximate surface area is 132 Å². The van der Waals surface area contributed by atoms with Crippen molar-refractivity contribution in [3.05, 3.63) is 0 Å². The molecular formula is C17H38N2S. The molecule has 2 aliphatic carbocycles. The highest BCUT2D eigenvalue weighted by Gasteiger charge is 2.22. The van der Waals surface area contributed by atoms with Crippen molar-refractivity contribution >= 4 is 11.8 Å². The third-order valence-corrected chi connectivity index (χ3v) is 5.41. The summed E-state index contributed by atoms with van der Waals surface area (Å²) in [5, 5.41) is 0.957. The predicted molar refractivity (Wildman–Crippen MR) is 95.0 cm³/mol. The van der Waals surface area contributed by atoms with Crippen LogP contribution >= 0.6 is 11.8 Å². The molecule has 0 heterocycles. The van der Waals surface area contributed by atoms with Crippen LogP contribution in [0, 0.1) is 17.8 Å². The van der Waals surface area contributed by atoms with Gasteiger partial charge in [-0.15, -0.1) is 0 Å². The highest BCUT2D eigenvalue weighted by Crippen LogP contribution is 2.34. The highest BCUT2D eigenvalue weighted by molar-refractivity contribution is 7.99. The molecule has 0 aromatic heterocycles. The van der Waals surface area contributed by atoms with Gasteiger partial charge in [-0.25, -0.2) is 0 Å². The summed E-state index contributed by atoms with van der Waals surface area (Å²) < 4.78 is 0. The number of rotatable bonds is 1. The molecule has 0 radical (unpaired) electrons. The first-order valence-electron chi connectivity index (χ1n) is 8.43. The quantitative estimate of drug-likeness (QED) is 0.537. The molecule has 0 spiro atoms. The minimum absolute atomic E-state index is 0.957. The number of hydrogen-bond acceptors (Lipinski definition) is 3. The van der Waals surface area contributed by atoms with Crippen LogP contribution in [-0.4, -0.2) is 18.6 Å². The molecule has 122 valence electrons. The van der Waals surface area contributed by atoms with Gasteiger partial charge in [0.1, 0.15) is 0 Å². The molecule has 2 fully saturated rings. The zero-order chi connectivity index (χ0) is 15.4. The van der Waals surface area contributed by atoms with Crippen LogP contribution in [0.2, 0.25) is 0 Å². The van der Waals surface area contributed by atoms with E-state index in [0.717, 1.165) is 23.0 Å². The molecule has 2 aliphatic rings. The SMILES string of the molecule is CC1CCCCC1.CNN.CSC1CC(C)CC(C)C1. The van der Waals surface area contributed by atoms with Gasteiger partial charge >= 0.3 is 0 Å². The lowest BCUT2D eigenvalue weighted by atomic mass is 9.83. The number of hydrogen-bond donors (Lipinski definition) is 2. The summed E-state index contributed by atoms with van der Waals surface area (Å²) in [7, 11) is 1.65. The fourth-order valence-electron chi connectivity index (χ4n) is 3.37. The highest BCUT2D eigenvalue weighted by atomic mass is 32.2. The van der Waals surface area contributed by atoms with Crippen molar-refractivity contribution in [2.24, 2.45) is 23.6 Å². The van der Waals surface area contributed by atoms with Crippen molar-refractivity contribution in [3.63, 3.8) is 0 Å². The fraction of sp³-hybridized carbons (Fsp3) is 1.00. The molecule has 20 heavy (non-hydrogen) atoms. The van der Waals surface area contributed by atoms with Gasteiger partial charge in [-0.3, -0.25) is 11.3 Å². The van der Waals surface area contributed by atoms with E-state index in [2.05, 4.69) is 50.1 Å². The number of nitrogens with one attached hydrogen (secondary N) is 1. The lowest BCUT2D eigenvalue weighted by molar-refractivity contribution is 0.309. The summed E-state index contributed by atoms with van der Waals surface area (Å²) in [5.74, 6) is 7.58. The second-order valence-corrected chi connectivity index (χ2v) is 7.95. The molecule has 0 bridgehead atoms.